The van der Waals surface area contributed by atoms with Crippen molar-refractivity contribution >= 4 is 22.2 Å². The Morgan fingerprint density at radius 2 is 2.05 bits per heavy atom. The van der Waals surface area contributed by atoms with E-state index in [2.05, 4.69) is 21.2 Å². The summed E-state index contributed by atoms with van der Waals surface area (Å²) in [6.45, 7) is 2.05. The van der Waals surface area contributed by atoms with Crippen molar-refractivity contribution in [1.82, 2.24) is 15.2 Å². The summed E-state index contributed by atoms with van der Waals surface area (Å²) in [4.78, 5) is 4.36. The summed E-state index contributed by atoms with van der Waals surface area (Å²) in [6.07, 6.45) is 2.67. The lowest BCUT2D eigenvalue weighted by Crippen LogP contribution is -2.07. The smallest absolute Gasteiger partial charge is 0.148 e. The fourth-order valence-corrected chi connectivity index (χ4v) is 2.92. The summed E-state index contributed by atoms with van der Waals surface area (Å²) in [5, 5.41) is 11.3. The third-order valence-corrected chi connectivity index (χ3v) is 4.17. The van der Waals surface area contributed by atoms with Gasteiger partial charge < -0.3 is 5.73 Å². The molecule has 1 unspecified atom stereocenters. The predicted octanol–water partition coefficient (Wildman–Crippen LogP) is 3.16. The van der Waals surface area contributed by atoms with Crippen LogP contribution in [0.2, 0.25) is 0 Å². The number of benzene rings is 1. The molecule has 0 spiro atoms. The van der Waals surface area contributed by atoms with Crippen LogP contribution in [-0.2, 0) is 0 Å². The van der Waals surface area contributed by atoms with Crippen LogP contribution in [0.25, 0.3) is 21.5 Å². The number of rotatable bonds is 3. The monoisotopic (exact) mass is 270 g/mol. The average Bonchev–Trinajstić information content (AvgIpc) is 2.95. The topological polar surface area (TPSA) is 64.7 Å². The molecule has 0 fully saturated rings. The van der Waals surface area contributed by atoms with Gasteiger partial charge in [0.1, 0.15) is 10.0 Å². The van der Waals surface area contributed by atoms with E-state index in [4.69, 9.17) is 5.73 Å². The van der Waals surface area contributed by atoms with Gasteiger partial charge in [0.2, 0.25) is 0 Å². The largest absolute Gasteiger partial charge is 0.322 e. The molecule has 3 rings (SSSR count). The predicted molar refractivity (Wildman–Crippen MR) is 77.9 cm³/mol. The summed E-state index contributed by atoms with van der Waals surface area (Å²) in [6, 6.07) is 9.99. The van der Waals surface area contributed by atoms with Gasteiger partial charge in [-0.15, -0.1) is 10.2 Å². The molecule has 2 N–H and O–H groups in total. The third-order valence-electron chi connectivity index (χ3n) is 3.08. The van der Waals surface area contributed by atoms with Gasteiger partial charge in [-0.05, 0) is 18.6 Å². The number of aromatic nitrogens is 3. The van der Waals surface area contributed by atoms with E-state index in [1.807, 2.05) is 31.2 Å². The Kier molecular flexibility index (Phi) is 3.23. The highest BCUT2D eigenvalue weighted by atomic mass is 32.1. The first-order valence-electron chi connectivity index (χ1n) is 6.22. The minimum Gasteiger partial charge on any atom is -0.322 e. The summed E-state index contributed by atoms with van der Waals surface area (Å²) >= 11 is 1.56. The highest BCUT2D eigenvalue weighted by Gasteiger charge is 2.13. The lowest BCUT2D eigenvalue weighted by atomic mass is 10.1. The minimum atomic E-state index is -0.0284. The quantitative estimate of drug-likeness (QED) is 0.794. The minimum absolute atomic E-state index is 0.0284. The molecule has 1 aromatic carbocycles. The number of pyridine rings is 1. The first-order chi connectivity index (χ1) is 9.29. The molecule has 0 radical (unpaired) electrons. The summed E-state index contributed by atoms with van der Waals surface area (Å²) in [5.74, 6) is 0. The SMILES string of the molecule is CCC(N)c1nnc(-c2ccnc3ccccc23)s1. The highest BCUT2D eigenvalue weighted by molar-refractivity contribution is 7.14. The Bertz CT molecular complexity index is 702. The molecular formula is C14H14N4S. The van der Waals surface area contributed by atoms with E-state index in [0.717, 1.165) is 32.9 Å². The van der Waals surface area contributed by atoms with Crippen molar-refractivity contribution in [3.63, 3.8) is 0 Å². The van der Waals surface area contributed by atoms with E-state index < -0.39 is 0 Å². The number of hydrogen-bond acceptors (Lipinski definition) is 5. The van der Waals surface area contributed by atoms with Gasteiger partial charge in [-0.2, -0.15) is 0 Å². The number of hydrogen-bond donors (Lipinski definition) is 1. The lowest BCUT2D eigenvalue weighted by Gasteiger charge is -2.02. The standard InChI is InChI=1S/C14H14N4S/c1-2-11(15)14-18-17-13(19-14)10-7-8-16-12-6-4-3-5-9(10)12/h3-8,11H,2,15H2,1H3. The Hall–Kier alpha value is -1.85. The Balaban J connectivity index is 2.12. The molecule has 0 amide bonds. The molecule has 2 heterocycles. The van der Waals surface area contributed by atoms with E-state index >= 15 is 0 Å². The average molecular weight is 270 g/mol. The van der Waals surface area contributed by atoms with Gasteiger partial charge in [-0.3, -0.25) is 4.98 Å². The summed E-state index contributed by atoms with van der Waals surface area (Å²) in [7, 11) is 0. The molecular weight excluding hydrogens is 256 g/mol. The van der Waals surface area contributed by atoms with Crippen LogP contribution in [0, 0.1) is 0 Å². The van der Waals surface area contributed by atoms with Gasteiger partial charge in [0, 0.05) is 17.1 Å². The molecule has 0 aliphatic carbocycles. The Morgan fingerprint density at radius 3 is 2.89 bits per heavy atom. The molecule has 0 bridgehead atoms. The zero-order valence-corrected chi connectivity index (χ0v) is 11.4. The third kappa shape index (κ3) is 2.22. The van der Waals surface area contributed by atoms with Crippen LogP contribution in [0.5, 0.6) is 0 Å². The first-order valence-corrected chi connectivity index (χ1v) is 7.04. The molecule has 4 nitrogen and oxygen atoms in total. The molecule has 0 saturated carbocycles. The van der Waals surface area contributed by atoms with Crippen molar-refractivity contribution in [3.8, 4) is 10.6 Å². The van der Waals surface area contributed by atoms with Crippen LogP contribution in [0.3, 0.4) is 0 Å². The molecule has 19 heavy (non-hydrogen) atoms. The maximum atomic E-state index is 5.99. The maximum Gasteiger partial charge on any atom is 0.148 e. The van der Waals surface area contributed by atoms with Crippen molar-refractivity contribution < 1.29 is 0 Å². The molecule has 5 heteroatoms. The van der Waals surface area contributed by atoms with Crippen LogP contribution >= 0.6 is 11.3 Å². The fraction of sp³-hybridized carbons (Fsp3) is 0.214. The van der Waals surface area contributed by atoms with E-state index in [-0.39, 0.29) is 6.04 Å². The second-order valence-corrected chi connectivity index (χ2v) is 5.34. The van der Waals surface area contributed by atoms with Gasteiger partial charge in [0.05, 0.1) is 11.6 Å². The van der Waals surface area contributed by atoms with E-state index in [9.17, 15) is 0 Å². The molecule has 96 valence electrons. The van der Waals surface area contributed by atoms with Crippen LogP contribution in [0.4, 0.5) is 0 Å². The molecule has 1 atom stereocenters. The van der Waals surface area contributed by atoms with Gasteiger partial charge in [0.15, 0.2) is 0 Å². The van der Waals surface area contributed by atoms with Crippen LogP contribution in [0.1, 0.15) is 24.4 Å². The van der Waals surface area contributed by atoms with Gasteiger partial charge in [-0.1, -0.05) is 36.5 Å². The first kappa shape index (κ1) is 12.2. The number of nitrogens with two attached hydrogens (primary N) is 1. The lowest BCUT2D eigenvalue weighted by molar-refractivity contribution is 0.683. The maximum absolute atomic E-state index is 5.99. The fourth-order valence-electron chi connectivity index (χ4n) is 1.95. The number of nitrogens with zero attached hydrogens (tertiary/aromatic N) is 3. The van der Waals surface area contributed by atoms with E-state index in [1.165, 1.54) is 0 Å². The van der Waals surface area contributed by atoms with Gasteiger partial charge in [0.25, 0.3) is 0 Å². The molecule has 2 aromatic heterocycles. The van der Waals surface area contributed by atoms with Crippen molar-refractivity contribution in [3.05, 3.63) is 41.5 Å². The molecule has 3 aromatic rings. The summed E-state index contributed by atoms with van der Waals surface area (Å²) < 4.78 is 0. The van der Waals surface area contributed by atoms with Gasteiger partial charge >= 0.3 is 0 Å². The van der Waals surface area contributed by atoms with Crippen LogP contribution < -0.4 is 5.73 Å². The van der Waals surface area contributed by atoms with Crippen molar-refractivity contribution in [1.29, 1.82) is 0 Å². The zero-order valence-electron chi connectivity index (χ0n) is 10.6. The normalized spacial score (nSPS) is 12.7. The zero-order chi connectivity index (χ0) is 13.2. The van der Waals surface area contributed by atoms with Crippen molar-refractivity contribution in [2.24, 2.45) is 5.73 Å². The Labute approximate surface area is 115 Å². The van der Waals surface area contributed by atoms with Crippen molar-refractivity contribution in [2.75, 3.05) is 0 Å². The van der Waals surface area contributed by atoms with E-state index in [1.54, 1.807) is 17.5 Å². The van der Waals surface area contributed by atoms with Crippen LogP contribution in [0.15, 0.2) is 36.5 Å². The van der Waals surface area contributed by atoms with E-state index in [0.29, 0.717) is 0 Å². The number of fused-ring (bicyclic) bond motifs is 1. The van der Waals surface area contributed by atoms with Gasteiger partial charge in [-0.25, -0.2) is 0 Å². The molecule has 0 aliphatic rings. The number of para-hydroxylation sites is 1. The van der Waals surface area contributed by atoms with Crippen molar-refractivity contribution in [2.45, 2.75) is 19.4 Å². The summed E-state index contributed by atoms with van der Waals surface area (Å²) in [5.41, 5.74) is 8.03. The Morgan fingerprint density at radius 1 is 1.21 bits per heavy atom. The molecule has 0 saturated heterocycles. The highest BCUT2D eigenvalue weighted by Crippen LogP contribution is 2.31. The second kappa shape index (κ2) is 5.03. The molecule has 0 aliphatic heterocycles. The van der Waals surface area contributed by atoms with Crippen LogP contribution in [-0.4, -0.2) is 15.2 Å². The second-order valence-electron chi connectivity index (χ2n) is 4.34.